The van der Waals surface area contributed by atoms with E-state index in [1.165, 1.54) is 12.1 Å². The molecular weight excluding hydrogens is 321 g/mol. The van der Waals surface area contributed by atoms with Crippen LogP contribution in [0.15, 0.2) is 29.6 Å². The Balaban J connectivity index is 2.54. The topological polar surface area (TPSA) is 122 Å². The summed E-state index contributed by atoms with van der Waals surface area (Å²) in [5.74, 6) is -0.648. The van der Waals surface area contributed by atoms with Gasteiger partial charge < -0.3 is 21.9 Å². The van der Waals surface area contributed by atoms with Crippen LogP contribution in [0.2, 0.25) is 0 Å². The highest BCUT2D eigenvalue weighted by atomic mass is 19.1. The molecule has 1 aromatic carbocycles. The standard InChI is InChI=1S/C18H16FN5O/c1-3-12-8(2)6-13-17(23-12)14(16(22)18(25)24-13)9-4-5-11(19)15(21)10(9)7-20/h3-7,20H,1,21-22H2,2H3,(H,24,25). The van der Waals surface area contributed by atoms with E-state index in [1.54, 1.807) is 12.1 Å². The lowest BCUT2D eigenvalue weighted by atomic mass is 9.96. The Morgan fingerprint density at radius 3 is 2.68 bits per heavy atom. The van der Waals surface area contributed by atoms with E-state index in [0.29, 0.717) is 27.9 Å². The van der Waals surface area contributed by atoms with Gasteiger partial charge in [-0.25, -0.2) is 9.37 Å². The Kier molecular flexibility index (Phi) is 3.84. The van der Waals surface area contributed by atoms with Crippen LogP contribution < -0.4 is 17.0 Å². The molecule has 0 unspecified atom stereocenters. The van der Waals surface area contributed by atoms with Crippen LogP contribution >= 0.6 is 0 Å². The molecule has 0 bridgehead atoms. The number of aromatic nitrogens is 2. The van der Waals surface area contributed by atoms with Crippen molar-refractivity contribution in [3.8, 4) is 11.1 Å². The first kappa shape index (κ1) is 16.4. The lowest BCUT2D eigenvalue weighted by molar-refractivity contribution is 0.632. The van der Waals surface area contributed by atoms with Gasteiger partial charge in [-0.2, -0.15) is 0 Å². The minimum atomic E-state index is -0.648. The number of pyridine rings is 2. The van der Waals surface area contributed by atoms with E-state index in [9.17, 15) is 9.18 Å². The fourth-order valence-electron chi connectivity index (χ4n) is 2.81. The van der Waals surface area contributed by atoms with E-state index in [-0.39, 0.29) is 16.9 Å². The number of H-pyrrole nitrogens is 1. The zero-order valence-electron chi connectivity index (χ0n) is 13.5. The smallest absolute Gasteiger partial charge is 0.272 e. The van der Waals surface area contributed by atoms with Crippen molar-refractivity contribution >= 4 is 34.7 Å². The molecule has 0 aliphatic carbocycles. The van der Waals surface area contributed by atoms with Crippen molar-refractivity contribution in [2.45, 2.75) is 6.92 Å². The lowest BCUT2D eigenvalue weighted by Crippen LogP contribution is -2.15. The Morgan fingerprint density at radius 2 is 2.04 bits per heavy atom. The molecule has 0 radical (unpaired) electrons. The Hall–Kier alpha value is -3.48. The number of anilines is 2. The fraction of sp³-hybridized carbons (Fsp3) is 0.0556. The van der Waals surface area contributed by atoms with Gasteiger partial charge in [0.05, 0.1) is 22.4 Å². The summed E-state index contributed by atoms with van der Waals surface area (Å²) < 4.78 is 13.8. The molecule has 0 aliphatic heterocycles. The molecule has 3 aromatic rings. The highest BCUT2D eigenvalue weighted by molar-refractivity contribution is 6.05. The van der Waals surface area contributed by atoms with E-state index in [0.717, 1.165) is 11.8 Å². The number of nitrogens with two attached hydrogens (primary N) is 2. The Bertz CT molecular complexity index is 1100. The highest BCUT2D eigenvalue weighted by Gasteiger charge is 2.19. The van der Waals surface area contributed by atoms with E-state index in [4.69, 9.17) is 16.9 Å². The van der Waals surface area contributed by atoms with Crippen LogP contribution in [0.3, 0.4) is 0 Å². The molecule has 0 saturated heterocycles. The van der Waals surface area contributed by atoms with E-state index >= 15 is 0 Å². The molecule has 3 rings (SSSR count). The fourth-order valence-corrected chi connectivity index (χ4v) is 2.81. The quantitative estimate of drug-likeness (QED) is 0.433. The van der Waals surface area contributed by atoms with Gasteiger partial charge in [0.15, 0.2) is 0 Å². The van der Waals surface area contributed by atoms with E-state index in [2.05, 4.69) is 16.5 Å². The largest absolute Gasteiger partial charge is 0.396 e. The summed E-state index contributed by atoms with van der Waals surface area (Å²) in [6.07, 6.45) is 2.53. The number of hydrogen-bond donors (Lipinski definition) is 4. The summed E-state index contributed by atoms with van der Waals surface area (Å²) in [5, 5.41) is 7.58. The molecule has 6 nitrogen and oxygen atoms in total. The number of hydrogen-bond acceptors (Lipinski definition) is 5. The number of aryl methyl sites for hydroxylation is 1. The van der Waals surface area contributed by atoms with Crippen molar-refractivity contribution in [1.82, 2.24) is 9.97 Å². The second-order valence-corrected chi connectivity index (χ2v) is 5.60. The van der Waals surface area contributed by atoms with Gasteiger partial charge in [-0.05, 0) is 36.3 Å². The maximum absolute atomic E-state index is 13.8. The van der Waals surface area contributed by atoms with Crippen LogP contribution in [-0.4, -0.2) is 16.2 Å². The number of aromatic amines is 1. The summed E-state index contributed by atoms with van der Waals surface area (Å²) in [4.78, 5) is 19.5. The molecule has 2 heterocycles. The third-order valence-electron chi connectivity index (χ3n) is 4.09. The third kappa shape index (κ3) is 2.46. The first-order valence-electron chi connectivity index (χ1n) is 7.43. The Labute approximate surface area is 142 Å². The summed E-state index contributed by atoms with van der Waals surface area (Å²) in [7, 11) is 0. The van der Waals surface area contributed by atoms with Crippen LogP contribution in [0.1, 0.15) is 16.8 Å². The minimum absolute atomic E-state index is 0.0760. The molecule has 0 fully saturated rings. The summed E-state index contributed by atoms with van der Waals surface area (Å²) >= 11 is 0. The zero-order valence-corrected chi connectivity index (χ0v) is 13.5. The van der Waals surface area contributed by atoms with Crippen LogP contribution in [0.25, 0.3) is 28.2 Å². The molecular formula is C18H16FN5O. The maximum Gasteiger partial charge on any atom is 0.272 e. The number of halogens is 1. The van der Waals surface area contributed by atoms with Gasteiger partial charge in [0, 0.05) is 17.3 Å². The molecule has 6 N–H and O–H groups in total. The third-order valence-corrected chi connectivity index (χ3v) is 4.09. The SMILES string of the molecule is C=Cc1nc2c(-c3ccc(F)c(N)c3C=N)c(N)c(=O)[nH]c2cc1C. The second kappa shape index (κ2) is 5.86. The van der Waals surface area contributed by atoms with Crippen LogP contribution in [0.4, 0.5) is 15.8 Å². The predicted octanol–water partition coefficient (Wildman–Crippen LogP) is 2.84. The van der Waals surface area contributed by atoms with Crippen molar-refractivity contribution in [3.63, 3.8) is 0 Å². The summed E-state index contributed by atoms with van der Waals surface area (Å²) in [6, 6.07) is 4.37. The van der Waals surface area contributed by atoms with Gasteiger partial charge in [0.1, 0.15) is 11.5 Å². The van der Waals surface area contributed by atoms with Gasteiger partial charge in [0.25, 0.3) is 5.56 Å². The van der Waals surface area contributed by atoms with Gasteiger partial charge in [0.2, 0.25) is 0 Å². The molecule has 0 saturated carbocycles. The molecule has 2 aromatic heterocycles. The van der Waals surface area contributed by atoms with Crippen molar-refractivity contribution in [3.05, 3.63) is 57.8 Å². The molecule has 0 aliphatic rings. The van der Waals surface area contributed by atoms with Crippen molar-refractivity contribution in [2.24, 2.45) is 0 Å². The molecule has 0 amide bonds. The average Bonchev–Trinajstić information content (AvgIpc) is 2.59. The maximum atomic E-state index is 13.8. The molecule has 7 heteroatoms. The average molecular weight is 337 g/mol. The molecule has 0 spiro atoms. The molecule has 25 heavy (non-hydrogen) atoms. The number of benzene rings is 1. The summed E-state index contributed by atoms with van der Waals surface area (Å²) in [5.41, 5.74) is 14.2. The monoisotopic (exact) mass is 337 g/mol. The van der Waals surface area contributed by atoms with Gasteiger partial charge in [-0.1, -0.05) is 12.6 Å². The second-order valence-electron chi connectivity index (χ2n) is 5.60. The van der Waals surface area contributed by atoms with E-state index < -0.39 is 11.4 Å². The number of nitrogens with zero attached hydrogens (tertiary/aromatic N) is 1. The zero-order chi connectivity index (χ0) is 18.3. The van der Waals surface area contributed by atoms with Crippen LogP contribution in [0.5, 0.6) is 0 Å². The number of nitrogen functional groups attached to an aromatic ring is 2. The van der Waals surface area contributed by atoms with Gasteiger partial charge >= 0.3 is 0 Å². The molecule has 126 valence electrons. The minimum Gasteiger partial charge on any atom is -0.396 e. The van der Waals surface area contributed by atoms with Gasteiger partial charge in [-0.3, -0.25) is 4.79 Å². The van der Waals surface area contributed by atoms with Gasteiger partial charge in [-0.15, -0.1) is 0 Å². The van der Waals surface area contributed by atoms with E-state index in [1.807, 2.05) is 6.92 Å². The lowest BCUT2D eigenvalue weighted by Gasteiger charge is -2.14. The number of nitrogens with one attached hydrogen (secondary N) is 2. The Morgan fingerprint density at radius 1 is 1.32 bits per heavy atom. The molecule has 0 atom stereocenters. The summed E-state index contributed by atoms with van der Waals surface area (Å²) in [6.45, 7) is 5.57. The number of rotatable bonds is 3. The normalized spacial score (nSPS) is 10.8. The van der Waals surface area contributed by atoms with Crippen LogP contribution in [0, 0.1) is 18.2 Å². The van der Waals surface area contributed by atoms with Crippen LogP contribution in [-0.2, 0) is 0 Å². The van der Waals surface area contributed by atoms with Crippen molar-refractivity contribution in [2.75, 3.05) is 11.5 Å². The first-order valence-corrected chi connectivity index (χ1v) is 7.43. The predicted molar refractivity (Wildman–Crippen MR) is 99.3 cm³/mol. The van der Waals surface area contributed by atoms with Crippen molar-refractivity contribution < 1.29 is 4.39 Å². The number of fused-ring (bicyclic) bond motifs is 1. The first-order chi connectivity index (χ1) is 11.9. The van der Waals surface area contributed by atoms with Crippen molar-refractivity contribution in [1.29, 1.82) is 5.41 Å². The highest BCUT2D eigenvalue weighted by Crippen LogP contribution is 2.35.